The van der Waals surface area contributed by atoms with Crippen LogP contribution in [0.4, 0.5) is 14.6 Å². The summed E-state index contributed by atoms with van der Waals surface area (Å²) in [6.07, 6.45) is 5.32. The number of rotatable bonds is 6. The third-order valence-corrected chi connectivity index (χ3v) is 8.57. The summed E-state index contributed by atoms with van der Waals surface area (Å²) in [5.41, 5.74) is 3.13. The molecule has 0 unspecified atom stereocenters. The van der Waals surface area contributed by atoms with Crippen molar-refractivity contribution in [3.63, 3.8) is 0 Å². The molecule has 6 rings (SSSR count). The van der Waals surface area contributed by atoms with E-state index < -0.39 is 38.5 Å². The van der Waals surface area contributed by atoms with E-state index in [2.05, 4.69) is 21.1 Å². The molecule has 2 N–H and O–H groups in total. The van der Waals surface area contributed by atoms with E-state index in [1.54, 1.807) is 0 Å². The first kappa shape index (κ1) is 24.5. The monoisotopic (exact) mass is 538 g/mol. The van der Waals surface area contributed by atoms with E-state index in [1.165, 1.54) is 22.3 Å². The van der Waals surface area contributed by atoms with Crippen LogP contribution in [0.2, 0.25) is 0 Å². The number of hydrogen-bond acceptors (Lipinski definition) is 6. The van der Waals surface area contributed by atoms with Gasteiger partial charge in [-0.1, -0.05) is 36.4 Å². The molecule has 2 aromatic heterocycles. The van der Waals surface area contributed by atoms with E-state index in [0.717, 1.165) is 48.6 Å². The standard InChI is InChI=1S/C27H24F2N4O4S/c1-15(19-5-2-3-6-20(19)16-11-17-9-10-18(12-16)30-17)33-22-13-21(28)24(14-23(22)37-27(33)34)38(35,36)32-26-8-4-7-25(29)31-26/h2-8,11,13-15,17-18,30H,9-10,12H2,1H3,(H,31,32)/t15-,17+,18-/m1/s1. The summed E-state index contributed by atoms with van der Waals surface area (Å²) in [4.78, 5) is 15.7. The average Bonchev–Trinajstić information content (AvgIpc) is 3.39. The van der Waals surface area contributed by atoms with Crippen LogP contribution in [0.25, 0.3) is 16.7 Å². The molecular formula is C27H24F2N4O4S. The Morgan fingerprint density at radius 2 is 1.95 bits per heavy atom. The fourth-order valence-corrected chi connectivity index (χ4v) is 6.55. The Hall–Kier alpha value is -3.83. The maximum Gasteiger partial charge on any atom is 0.420 e. The SMILES string of the molecule is C[C@H](c1ccccc1C1=C[C@@H]2CC[C@H](C1)N2)n1c(=O)oc2cc(S(=O)(=O)Nc3cccc(F)n3)c(F)cc21. The highest BCUT2D eigenvalue weighted by atomic mass is 32.2. The number of oxazole rings is 1. The number of pyridine rings is 1. The Kier molecular flexibility index (Phi) is 5.92. The lowest BCUT2D eigenvalue weighted by molar-refractivity contribution is 0.489. The normalized spacial score (nSPS) is 19.9. The lowest BCUT2D eigenvalue weighted by Gasteiger charge is -2.25. The lowest BCUT2D eigenvalue weighted by Crippen LogP contribution is -2.32. The van der Waals surface area contributed by atoms with Gasteiger partial charge in [-0.15, -0.1) is 0 Å². The van der Waals surface area contributed by atoms with Crippen molar-refractivity contribution in [2.24, 2.45) is 0 Å². The second-order valence-electron chi connectivity index (χ2n) is 9.65. The number of sulfonamides is 1. The topological polar surface area (TPSA) is 106 Å². The molecule has 0 spiro atoms. The first-order chi connectivity index (χ1) is 18.2. The highest BCUT2D eigenvalue weighted by Crippen LogP contribution is 2.36. The number of aromatic nitrogens is 2. The van der Waals surface area contributed by atoms with Crippen LogP contribution in [0, 0.1) is 11.8 Å². The van der Waals surface area contributed by atoms with Crippen LogP contribution in [0.5, 0.6) is 0 Å². The molecule has 38 heavy (non-hydrogen) atoms. The average molecular weight is 539 g/mol. The predicted molar refractivity (Wildman–Crippen MR) is 138 cm³/mol. The van der Waals surface area contributed by atoms with Crippen molar-refractivity contribution < 1.29 is 21.6 Å². The van der Waals surface area contributed by atoms with Crippen molar-refractivity contribution in [1.82, 2.24) is 14.9 Å². The van der Waals surface area contributed by atoms with Gasteiger partial charge in [-0.05, 0) is 55.0 Å². The Morgan fingerprint density at radius 1 is 1.13 bits per heavy atom. The minimum atomic E-state index is -4.49. The number of halogens is 2. The van der Waals surface area contributed by atoms with Gasteiger partial charge in [0.05, 0.1) is 11.6 Å². The van der Waals surface area contributed by atoms with E-state index in [-0.39, 0.29) is 16.9 Å². The fourth-order valence-electron chi connectivity index (χ4n) is 5.48. The Bertz CT molecular complexity index is 1760. The van der Waals surface area contributed by atoms with E-state index in [9.17, 15) is 17.6 Å². The molecule has 11 heteroatoms. The zero-order valence-electron chi connectivity index (χ0n) is 20.3. The quantitative estimate of drug-likeness (QED) is 0.348. The van der Waals surface area contributed by atoms with Crippen molar-refractivity contribution in [2.45, 2.75) is 49.2 Å². The minimum Gasteiger partial charge on any atom is -0.408 e. The minimum absolute atomic E-state index is 0.0903. The highest BCUT2D eigenvalue weighted by Gasteiger charge is 2.30. The third kappa shape index (κ3) is 4.31. The summed E-state index contributed by atoms with van der Waals surface area (Å²) < 4.78 is 63.1. The molecule has 0 aliphatic carbocycles. The molecule has 1 saturated heterocycles. The van der Waals surface area contributed by atoms with Gasteiger partial charge >= 0.3 is 5.76 Å². The van der Waals surface area contributed by atoms with Crippen molar-refractivity contribution in [3.8, 4) is 0 Å². The van der Waals surface area contributed by atoms with Crippen molar-refractivity contribution >= 4 is 32.5 Å². The number of nitrogens with one attached hydrogen (secondary N) is 2. The smallest absolute Gasteiger partial charge is 0.408 e. The molecule has 2 bridgehead atoms. The Morgan fingerprint density at radius 3 is 2.74 bits per heavy atom. The number of benzene rings is 2. The molecule has 8 nitrogen and oxygen atoms in total. The number of fused-ring (bicyclic) bond motifs is 3. The van der Waals surface area contributed by atoms with Crippen LogP contribution in [-0.2, 0) is 10.0 Å². The third-order valence-electron chi connectivity index (χ3n) is 7.20. The lowest BCUT2D eigenvalue weighted by atomic mass is 9.90. The summed E-state index contributed by atoms with van der Waals surface area (Å²) in [5.74, 6) is -3.04. The van der Waals surface area contributed by atoms with Crippen LogP contribution >= 0.6 is 0 Å². The Balaban J connectivity index is 1.40. The maximum absolute atomic E-state index is 15.2. The second-order valence-corrected chi connectivity index (χ2v) is 11.3. The van der Waals surface area contributed by atoms with Crippen LogP contribution in [-0.4, -0.2) is 30.1 Å². The molecule has 0 radical (unpaired) electrons. The maximum atomic E-state index is 15.2. The highest BCUT2D eigenvalue weighted by molar-refractivity contribution is 7.92. The second kappa shape index (κ2) is 9.17. The van der Waals surface area contributed by atoms with E-state index in [0.29, 0.717) is 12.1 Å². The van der Waals surface area contributed by atoms with Crippen LogP contribution in [0.3, 0.4) is 0 Å². The van der Waals surface area contributed by atoms with Gasteiger partial charge in [-0.2, -0.15) is 4.39 Å². The molecule has 0 saturated carbocycles. The van der Waals surface area contributed by atoms with Gasteiger partial charge in [-0.25, -0.2) is 22.6 Å². The molecule has 1 fully saturated rings. The molecule has 3 atom stereocenters. The van der Waals surface area contributed by atoms with Crippen molar-refractivity contribution in [3.05, 3.63) is 94.1 Å². The van der Waals surface area contributed by atoms with Gasteiger partial charge in [0.1, 0.15) is 16.5 Å². The van der Waals surface area contributed by atoms with Gasteiger partial charge in [0.2, 0.25) is 5.95 Å². The van der Waals surface area contributed by atoms with Gasteiger partial charge in [0, 0.05) is 24.2 Å². The van der Waals surface area contributed by atoms with Crippen LogP contribution < -0.4 is 15.8 Å². The van der Waals surface area contributed by atoms with Crippen LogP contribution in [0.1, 0.15) is 43.4 Å². The molecule has 2 aliphatic rings. The molecule has 0 amide bonds. The molecular weight excluding hydrogens is 514 g/mol. The van der Waals surface area contributed by atoms with Gasteiger partial charge in [0.15, 0.2) is 5.58 Å². The summed E-state index contributed by atoms with van der Waals surface area (Å²) in [6, 6.07) is 13.5. The van der Waals surface area contributed by atoms with E-state index in [1.807, 2.05) is 31.2 Å². The fraction of sp³-hybridized carbons (Fsp3) is 0.259. The Labute approximate surface area is 217 Å². The molecule has 4 aromatic rings. The summed E-state index contributed by atoms with van der Waals surface area (Å²) >= 11 is 0. The number of anilines is 1. The van der Waals surface area contributed by atoms with E-state index >= 15 is 4.39 Å². The summed E-state index contributed by atoms with van der Waals surface area (Å²) in [6.45, 7) is 1.82. The summed E-state index contributed by atoms with van der Waals surface area (Å²) in [7, 11) is -4.49. The van der Waals surface area contributed by atoms with Crippen molar-refractivity contribution in [1.29, 1.82) is 0 Å². The number of hydrogen-bond donors (Lipinski definition) is 2. The van der Waals surface area contributed by atoms with Crippen molar-refractivity contribution in [2.75, 3.05) is 4.72 Å². The van der Waals surface area contributed by atoms with Gasteiger partial charge in [0.25, 0.3) is 10.0 Å². The first-order valence-corrected chi connectivity index (χ1v) is 13.7. The molecule has 4 heterocycles. The van der Waals surface area contributed by atoms with Gasteiger partial charge in [-0.3, -0.25) is 9.29 Å². The zero-order chi connectivity index (χ0) is 26.6. The predicted octanol–water partition coefficient (Wildman–Crippen LogP) is 4.59. The van der Waals surface area contributed by atoms with Gasteiger partial charge < -0.3 is 9.73 Å². The first-order valence-electron chi connectivity index (χ1n) is 12.3. The molecule has 196 valence electrons. The van der Waals surface area contributed by atoms with E-state index in [4.69, 9.17) is 4.42 Å². The zero-order valence-corrected chi connectivity index (χ0v) is 21.1. The van der Waals surface area contributed by atoms with Crippen LogP contribution in [0.15, 0.2) is 74.8 Å². The molecule has 2 aliphatic heterocycles. The summed E-state index contributed by atoms with van der Waals surface area (Å²) in [5, 5.41) is 3.58. The largest absolute Gasteiger partial charge is 0.420 e. The number of nitrogens with zero attached hydrogens (tertiary/aromatic N) is 2. The molecule has 2 aromatic carbocycles.